The molecule has 1 aromatic carbocycles. The normalized spacial score (nSPS) is 21.2. The molecule has 2 aromatic rings. The lowest BCUT2D eigenvalue weighted by atomic mass is 10.2. The van der Waals surface area contributed by atoms with Crippen molar-refractivity contribution >= 4 is 23.2 Å². The Morgan fingerprint density at radius 2 is 2.15 bits per heavy atom. The van der Waals surface area contributed by atoms with E-state index in [1.54, 1.807) is 0 Å². The van der Waals surface area contributed by atoms with E-state index in [2.05, 4.69) is 4.57 Å². The van der Waals surface area contributed by atoms with Crippen LogP contribution in [-0.4, -0.2) is 22.9 Å². The number of aldehydes is 1. The number of nitrogens with zero attached hydrogens (tertiary/aromatic N) is 1. The highest BCUT2D eigenvalue weighted by molar-refractivity contribution is 5.97. The Morgan fingerprint density at radius 3 is 2.90 bits per heavy atom. The van der Waals surface area contributed by atoms with Crippen molar-refractivity contribution in [1.29, 1.82) is 0 Å². The number of hydrogen-bond donors (Lipinski definition) is 0. The molecule has 1 aliphatic rings. The summed E-state index contributed by atoms with van der Waals surface area (Å²) in [4.78, 5) is 22.2. The van der Waals surface area contributed by atoms with Gasteiger partial charge in [-0.3, -0.25) is 9.59 Å². The Balaban J connectivity index is 1.94. The van der Waals surface area contributed by atoms with E-state index in [1.807, 2.05) is 42.6 Å². The molecule has 0 saturated carbocycles. The molecule has 0 amide bonds. The van der Waals surface area contributed by atoms with Gasteiger partial charge in [0.25, 0.3) is 0 Å². The molecule has 0 radical (unpaired) electrons. The Morgan fingerprint density at radius 1 is 1.35 bits per heavy atom. The van der Waals surface area contributed by atoms with Gasteiger partial charge in [0.15, 0.2) is 6.29 Å². The summed E-state index contributed by atoms with van der Waals surface area (Å²) in [6.07, 6.45) is 7.19. The standard InChI is InChI=1S/C16H15NO3/c1-11(19)20-14-7-6-13(8-14)17-9-12(10-18)15-4-2-3-5-16(15)17/h2-7,9-10,13-14H,8H2,1H3/t13-,14+/m1/s1. The maximum Gasteiger partial charge on any atom is 0.303 e. The first-order valence-electron chi connectivity index (χ1n) is 6.59. The zero-order chi connectivity index (χ0) is 14.1. The molecule has 0 fully saturated rings. The van der Waals surface area contributed by atoms with Crippen LogP contribution in [-0.2, 0) is 9.53 Å². The lowest BCUT2D eigenvalue weighted by Crippen LogP contribution is -2.14. The third-order valence-corrected chi connectivity index (χ3v) is 3.59. The third kappa shape index (κ3) is 2.13. The van der Waals surface area contributed by atoms with Crippen LogP contribution in [0.3, 0.4) is 0 Å². The highest BCUT2D eigenvalue weighted by Gasteiger charge is 2.23. The maximum atomic E-state index is 11.2. The summed E-state index contributed by atoms with van der Waals surface area (Å²) in [7, 11) is 0. The molecule has 0 aliphatic heterocycles. The molecule has 1 aliphatic carbocycles. The fourth-order valence-electron chi connectivity index (χ4n) is 2.75. The largest absolute Gasteiger partial charge is 0.458 e. The highest BCUT2D eigenvalue weighted by atomic mass is 16.5. The number of aromatic nitrogens is 1. The van der Waals surface area contributed by atoms with Crippen LogP contribution >= 0.6 is 0 Å². The van der Waals surface area contributed by atoms with E-state index in [0.29, 0.717) is 12.0 Å². The maximum absolute atomic E-state index is 11.2. The second-order valence-electron chi connectivity index (χ2n) is 4.96. The van der Waals surface area contributed by atoms with Crippen molar-refractivity contribution in [3.8, 4) is 0 Å². The number of carbonyl (C=O) groups is 2. The van der Waals surface area contributed by atoms with Crippen LogP contribution in [0.4, 0.5) is 0 Å². The summed E-state index contributed by atoms with van der Waals surface area (Å²) in [6, 6.07) is 7.92. The summed E-state index contributed by atoms with van der Waals surface area (Å²) < 4.78 is 7.27. The van der Waals surface area contributed by atoms with Crippen molar-refractivity contribution < 1.29 is 14.3 Å². The van der Waals surface area contributed by atoms with Gasteiger partial charge in [-0.1, -0.05) is 24.3 Å². The number of carbonyl (C=O) groups excluding carboxylic acids is 2. The van der Waals surface area contributed by atoms with Crippen LogP contribution in [0.15, 0.2) is 42.6 Å². The number of para-hydroxylation sites is 1. The van der Waals surface area contributed by atoms with Crippen LogP contribution in [0, 0.1) is 0 Å². The van der Waals surface area contributed by atoms with Gasteiger partial charge in [0.1, 0.15) is 6.10 Å². The predicted molar refractivity (Wildman–Crippen MR) is 75.7 cm³/mol. The smallest absolute Gasteiger partial charge is 0.303 e. The average Bonchev–Trinajstić information content (AvgIpc) is 3.02. The van der Waals surface area contributed by atoms with Crippen LogP contribution < -0.4 is 0 Å². The molecule has 1 aromatic heterocycles. The van der Waals surface area contributed by atoms with E-state index in [-0.39, 0.29) is 18.1 Å². The molecule has 0 spiro atoms. The first-order valence-corrected chi connectivity index (χ1v) is 6.59. The van der Waals surface area contributed by atoms with Crippen molar-refractivity contribution in [2.75, 3.05) is 0 Å². The van der Waals surface area contributed by atoms with Crippen molar-refractivity contribution in [3.63, 3.8) is 0 Å². The zero-order valence-corrected chi connectivity index (χ0v) is 11.2. The minimum atomic E-state index is -0.272. The summed E-state index contributed by atoms with van der Waals surface area (Å²) in [5, 5.41) is 0.951. The number of fused-ring (bicyclic) bond motifs is 1. The summed E-state index contributed by atoms with van der Waals surface area (Å²) in [5.41, 5.74) is 1.71. The SMILES string of the molecule is CC(=O)O[C@H]1C=C[C@@H](n2cc(C=O)c3ccccc32)C1. The number of hydrogen-bond acceptors (Lipinski definition) is 3. The van der Waals surface area contributed by atoms with Gasteiger partial charge in [-0.05, 0) is 12.1 Å². The Hall–Kier alpha value is -2.36. The molecule has 0 unspecified atom stereocenters. The molecular formula is C16H15NO3. The molecule has 4 nitrogen and oxygen atoms in total. The number of allylic oxidation sites excluding steroid dienone is 1. The molecule has 102 valence electrons. The molecular weight excluding hydrogens is 254 g/mol. The zero-order valence-electron chi connectivity index (χ0n) is 11.2. The minimum absolute atomic E-state index is 0.109. The van der Waals surface area contributed by atoms with Gasteiger partial charge >= 0.3 is 5.97 Å². The summed E-state index contributed by atoms with van der Waals surface area (Å²) in [6.45, 7) is 1.41. The van der Waals surface area contributed by atoms with Crippen LogP contribution in [0.1, 0.15) is 29.7 Å². The fourth-order valence-corrected chi connectivity index (χ4v) is 2.75. The van der Waals surface area contributed by atoms with Crippen LogP contribution in [0.5, 0.6) is 0 Å². The van der Waals surface area contributed by atoms with E-state index in [1.165, 1.54) is 6.92 Å². The summed E-state index contributed by atoms with van der Waals surface area (Å²) in [5.74, 6) is -0.272. The quantitative estimate of drug-likeness (QED) is 0.489. The van der Waals surface area contributed by atoms with Crippen molar-refractivity contribution in [2.24, 2.45) is 0 Å². The Labute approximate surface area is 116 Å². The number of ether oxygens (including phenoxy) is 1. The van der Waals surface area contributed by atoms with Crippen molar-refractivity contribution in [2.45, 2.75) is 25.5 Å². The topological polar surface area (TPSA) is 48.3 Å². The number of benzene rings is 1. The predicted octanol–water partition coefficient (Wildman–Crippen LogP) is 2.89. The molecule has 4 heteroatoms. The molecule has 0 saturated heterocycles. The van der Waals surface area contributed by atoms with Gasteiger partial charge in [0.05, 0.1) is 6.04 Å². The molecule has 0 bridgehead atoms. The van der Waals surface area contributed by atoms with Crippen molar-refractivity contribution in [1.82, 2.24) is 4.57 Å². The van der Waals surface area contributed by atoms with Gasteiger partial charge in [-0.25, -0.2) is 0 Å². The minimum Gasteiger partial charge on any atom is -0.458 e. The van der Waals surface area contributed by atoms with E-state index in [9.17, 15) is 9.59 Å². The van der Waals surface area contributed by atoms with Gasteiger partial charge in [0, 0.05) is 36.0 Å². The average molecular weight is 269 g/mol. The molecule has 2 atom stereocenters. The first kappa shape index (κ1) is 12.7. The highest BCUT2D eigenvalue weighted by Crippen LogP contribution is 2.31. The van der Waals surface area contributed by atoms with Crippen molar-refractivity contribution in [3.05, 3.63) is 48.2 Å². The molecule has 20 heavy (non-hydrogen) atoms. The van der Waals surface area contributed by atoms with Crippen LogP contribution in [0.25, 0.3) is 10.9 Å². The summed E-state index contributed by atoms with van der Waals surface area (Å²) >= 11 is 0. The van der Waals surface area contributed by atoms with Crippen LogP contribution in [0.2, 0.25) is 0 Å². The number of esters is 1. The lowest BCUT2D eigenvalue weighted by molar-refractivity contribution is -0.144. The Bertz CT molecular complexity index is 699. The van der Waals surface area contributed by atoms with Gasteiger partial charge < -0.3 is 9.30 Å². The fraction of sp³-hybridized carbons (Fsp3) is 0.250. The van der Waals surface area contributed by atoms with E-state index in [0.717, 1.165) is 17.2 Å². The van der Waals surface area contributed by atoms with Gasteiger partial charge in [0.2, 0.25) is 0 Å². The molecule has 0 N–H and O–H groups in total. The first-order chi connectivity index (χ1) is 9.69. The number of rotatable bonds is 3. The lowest BCUT2D eigenvalue weighted by Gasteiger charge is -2.15. The van der Waals surface area contributed by atoms with Gasteiger partial charge in [-0.15, -0.1) is 0 Å². The molecule has 1 heterocycles. The van der Waals surface area contributed by atoms with Gasteiger partial charge in [-0.2, -0.15) is 0 Å². The monoisotopic (exact) mass is 269 g/mol. The second-order valence-corrected chi connectivity index (χ2v) is 4.96. The third-order valence-electron chi connectivity index (χ3n) is 3.59. The molecule has 3 rings (SSSR count). The van der Waals surface area contributed by atoms with E-state index < -0.39 is 0 Å². The Kier molecular flexibility index (Phi) is 3.14. The second kappa shape index (κ2) is 4.96. The van der Waals surface area contributed by atoms with E-state index in [4.69, 9.17) is 4.74 Å². The van der Waals surface area contributed by atoms with E-state index >= 15 is 0 Å².